The Balaban J connectivity index is 1.81. The molecule has 0 bridgehead atoms. The first-order valence-electron chi connectivity index (χ1n) is 7.82. The van der Waals surface area contributed by atoms with E-state index in [1.54, 1.807) is 48.6 Å². The van der Waals surface area contributed by atoms with Crippen molar-refractivity contribution in [3.8, 4) is 0 Å². The van der Waals surface area contributed by atoms with Gasteiger partial charge in [-0.1, -0.05) is 41.4 Å². The van der Waals surface area contributed by atoms with Crippen LogP contribution in [0, 0.1) is 0 Å². The van der Waals surface area contributed by atoms with E-state index >= 15 is 0 Å². The van der Waals surface area contributed by atoms with Crippen LogP contribution >= 0.6 is 23.2 Å². The van der Waals surface area contributed by atoms with Crippen molar-refractivity contribution in [3.63, 3.8) is 0 Å². The van der Waals surface area contributed by atoms with Crippen LogP contribution in [0.5, 0.6) is 0 Å². The third-order valence-corrected chi connectivity index (χ3v) is 5.53. The lowest BCUT2D eigenvalue weighted by molar-refractivity contribution is 0.601. The van der Waals surface area contributed by atoms with Gasteiger partial charge in [0.1, 0.15) is 5.82 Å². The lowest BCUT2D eigenvalue weighted by Gasteiger charge is -2.08. The second-order valence-electron chi connectivity index (χ2n) is 5.62. The van der Waals surface area contributed by atoms with Gasteiger partial charge in [0.2, 0.25) is 0 Å². The van der Waals surface area contributed by atoms with Gasteiger partial charge in [-0.15, -0.1) is 0 Å². The number of anilines is 2. The maximum Gasteiger partial charge on any atom is 0.263 e. The number of nitrogens with two attached hydrogens (primary N) is 1. The van der Waals surface area contributed by atoms with Gasteiger partial charge < -0.3 is 5.73 Å². The van der Waals surface area contributed by atoms with Crippen molar-refractivity contribution in [2.75, 3.05) is 10.5 Å². The lowest BCUT2D eigenvalue weighted by Crippen LogP contribution is -2.14. The SMILES string of the molecule is Nc1ccc(S(=O)(=O)Nc2cccc(/C=C/c3ccc(Cl)cc3Cl)n2)cc1. The van der Waals surface area contributed by atoms with Gasteiger partial charge >= 0.3 is 0 Å². The summed E-state index contributed by atoms with van der Waals surface area (Å²) in [6, 6.07) is 16.1. The molecule has 2 aromatic carbocycles. The Morgan fingerprint density at radius 1 is 0.963 bits per heavy atom. The summed E-state index contributed by atoms with van der Waals surface area (Å²) in [4.78, 5) is 4.40. The quantitative estimate of drug-likeness (QED) is 0.573. The maximum absolute atomic E-state index is 12.4. The van der Waals surface area contributed by atoms with E-state index in [1.165, 1.54) is 24.3 Å². The Kier molecular flexibility index (Phi) is 5.70. The number of hydrogen-bond donors (Lipinski definition) is 2. The number of nitrogens with one attached hydrogen (secondary N) is 1. The molecule has 0 unspecified atom stereocenters. The van der Waals surface area contributed by atoms with Crippen molar-refractivity contribution < 1.29 is 8.42 Å². The zero-order valence-electron chi connectivity index (χ0n) is 13.9. The van der Waals surface area contributed by atoms with Crippen LogP contribution in [-0.2, 0) is 10.0 Å². The normalized spacial score (nSPS) is 11.6. The molecule has 0 saturated carbocycles. The minimum absolute atomic E-state index is 0.104. The Morgan fingerprint density at radius 3 is 2.41 bits per heavy atom. The van der Waals surface area contributed by atoms with E-state index in [-0.39, 0.29) is 10.7 Å². The largest absolute Gasteiger partial charge is 0.399 e. The smallest absolute Gasteiger partial charge is 0.263 e. The van der Waals surface area contributed by atoms with Crippen LogP contribution in [0.1, 0.15) is 11.3 Å². The van der Waals surface area contributed by atoms with Crippen LogP contribution in [0.25, 0.3) is 12.2 Å². The molecule has 5 nitrogen and oxygen atoms in total. The number of rotatable bonds is 5. The molecule has 0 amide bonds. The van der Waals surface area contributed by atoms with Crippen molar-refractivity contribution in [1.29, 1.82) is 0 Å². The van der Waals surface area contributed by atoms with Crippen LogP contribution in [0.4, 0.5) is 11.5 Å². The average molecular weight is 420 g/mol. The van der Waals surface area contributed by atoms with Crippen molar-refractivity contribution in [2.45, 2.75) is 4.90 Å². The fourth-order valence-corrected chi connectivity index (χ4v) is 3.73. The lowest BCUT2D eigenvalue weighted by atomic mass is 10.2. The van der Waals surface area contributed by atoms with E-state index in [0.717, 1.165) is 5.56 Å². The summed E-state index contributed by atoms with van der Waals surface area (Å²) in [7, 11) is -3.75. The topological polar surface area (TPSA) is 85.1 Å². The molecule has 0 atom stereocenters. The first-order valence-corrected chi connectivity index (χ1v) is 10.1. The van der Waals surface area contributed by atoms with Crippen molar-refractivity contribution in [1.82, 2.24) is 4.98 Å². The van der Waals surface area contributed by atoms with E-state index in [0.29, 0.717) is 21.4 Å². The van der Waals surface area contributed by atoms with Crippen LogP contribution in [-0.4, -0.2) is 13.4 Å². The van der Waals surface area contributed by atoms with E-state index in [1.807, 2.05) is 0 Å². The molecule has 3 rings (SSSR count). The third-order valence-electron chi connectivity index (χ3n) is 3.60. The summed E-state index contributed by atoms with van der Waals surface area (Å²) in [5.41, 5.74) is 7.42. The number of nitrogens with zero attached hydrogens (tertiary/aromatic N) is 1. The number of benzene rings is 2. The van der Waals surface area contributed by atoms with Gasteiger partial charge in [-0.3, -0.25) is 4.72 Å². The summed E-state index contributed by atoms with van der Waals surface area (Å²) in [6.45, 7) is 0. The first-order chi connectivity index (χ1) is 12.8. The number of hydrogen-bond acceptors (Lipinski definition) is 4. The molecule has 0 radical (unpaired) electrons. The van der Waals surface area contributed by atoms with Crippen LogP contribution in [0.2, 0.25) is 10.0 Å². The maximum atomic E-state index is 12.4. The highest BCUT2D eigenvalue weighted by molar-refractivity contribution is 7.92. The number of sulfonamides is 1. The van der Waals surface area contributed by atoms with Crippen LogP contribution in [0.3, 0.4) is 0 Å². The number of aromatic nitrogens is 1. The Bertz CT molecular complexity index is 1100. The van der Waals surface area contributed by atoms with Gasteiger partial charge in [0.25, 0.3) is 10.0 Å². The molecule has 0 aliphatic carbocycles. The fraction of sp³-hybridized carbons (Fsp3) is 0. The Morgan fingerprint density at radius 2 is 1.70 bits per heavy atom. The number of nitrogen functional groups attached to an aromatic ring is 1. The molecule has 3 N–H and O–H groups in total. The van der Waals surface area contributed by atoms with Gasteiger partial charge in [-0.05, 0) is 60.2 Å². The number of halogens is 2. The molecular formula is C19H15Cl2N3O2S. The highest BCUT2D eigenvalue weighted by Crippen LogP contribution is 2.23. The highest BCUT2D eigenvalue weighted by atomic mass is 35.5. The monoisotopic (exact) mass is 419 g/mol. The third kappa shape index (κ3) is 5.01. The summed E-state index contributed by atoms with van der Waals surface area (Å²) < 4.78 is 27.3. The molecule has 0 aliphatic rings. The first kappa shape index (κ1) is 19.2. The van der Waals surface area contributed by atoms with Crippen molar-refractivity contribution in [2.24, 2.45) is 0 Å². The molecule has 0 saturated heterocycles. The average Bonchev–Trinajstić information content (AvgIpc) is 2.61. The van der Waals surface area contributed by atoms with Crippen molar-refractivity contribution >= 4 is 56.9 Å². The number of pyridine rings is 1. The molecular weight excluding hydrogens is 405 g/mol. The Hall–Kier alpha value is -2.54. The second-order valence-corrected chi connectivity index (χ2v) is 8.15. The van der Waals surface area contributed by atoms with Gasteiger partial charge in [-0.25, -0.2) is 13.4 Å². The molecule has 1 heterocycles. The Labute approximate surface area is 167 Å². The standard InChI is InChI=1S/C19H15Cl2N3O2S/c20-14-6-4-13(18(21)12-14)5-9-16-2-1-3-19(23-16)24-27(25,26)17-10-7-15(22)8-11-17/h1-12H,22H2,(H,23,24)/b9-5+. The molecule has 8 heteroatoms. The second kappa shape index (κ2) is 8.00. The van der Waals surface area contributed by atoms with Gasteiger partial charge in [0.15, 0.2) is 0 Å². The summed E-state index contributed by atoms with van der Waals surface area (Å²) in [5.74, 6) is 0.205. The molecule has 0 aliphatic heterocycles. The van der Waals surface area contributed by atoms with E-state index in [4.69, 9.17) is 28.9 Å². The molecule has 1 aromatic heterocycles. The van der Waals surface area contributed by atoms with E-state index in [2.05, 4.69) is 9.71 Å². The molecule has 0 spiro atoms. The predicted octanol–water partition coefficient (Wildman–Crippen LogP) is 4.94. The molecule has 3 aromatic rings. The van der Waals surface area contributed by atoms with Gasteiger partial charge in [0.05, 0.1) is 10.6 Å². The van der Waals surface area contributed by atoms with Gasteiger partial charge in [-0.2, -0.15) is 0 Å². The van der Waals surface area contributed by atoms with E-state index in [9.17, 15) is 8.42 Å². The van der Waals surface area contributed by atoms with Crippen LogP contribution in [0.15, 0.2) is 65.6 Å². The minimum Gasteiger partial charge on any atom is -0.399 e. The predicted molar refractivity (Wildman–Crippen MR) is 111 cm³/mol. The van der Waals surface area contributed by atoms with Gasteiger partial charge in [0, 0.05) is 15.7 Å². The van der Waals surface area contributed by atoms with E-state index < -0.39 is 10.0 Å². The van der Waals surface area contributed by atoms with Crippen LogP contribution < -0.4 is 10.5 Å². The molecule has 27 heavy (non-hydrogen) atoms. The molecule has 0 fully saturated rings. The fourth-order valence-electron chi connectivity index (χ4n) is 2.26. The highest BCUT2D eigenvalue weighted by Gasteiger charge is 2.14. The van der Waals surface area contributed by atoms with Crippen molar-refractivity contribution in [3.05, 3.63) is 82.0 Å². The summed E-state index contributed by atoms with van der Waals surface area (Å²) >= 11 is 12.0. The summed E-state index contributed by atoms with van der Waals surface area (Å²) in [5, 5.41) is 1.06. The molecule has 138 valence electrons. The minimum atomic E-state index is -3.75. The summed E-state index contributed by atoms with van der Waals surface area (Å²) in [6.07, 6.45) is 3.51. The zero-order valence-corrected chi connectivity index (χ0v) is 16.3. The zero-order chi connectivity index (χ0) is 19.4.